The van der Waals surface area contributed by atoms with Crippen LogP contribution in [-0.4, -0.2) is 37.0 Å². The molecule has 13 rings (SSSR count). The molecule has 13 nitrogen and oxygen atoms in total. The molecule has 0 N–H and O–H groups in total. The normalized spacial score (nSPS) is 12.9. The molecule has 3 aromatic heterocycles. The minimum atomic E-state index is -0.266. The van der Waals surface area contributed by atoms with Crippen molar-refractivity contribution in [3.8, 4) is 97.3 Å². The van der Waals surface area contributed by atoms with Crippen LogP contribution in [-0.2, 0) is 62.8 Å². The Morgan fingerprint density at radius 2 is 0.533 bits per heavy atom. The Labute approximate surface area is 729 Å². The molecule has 2 aliphatic rings. The minimum absolute atomic E-state index is 0. The van der Waals surface area contributed by atoms with Crippen LogP contribution in [0.1, 0.15) is 319 Å². The summed E-state index contributed by atoms with van der Waals surface area (Å²) in [6.07, 6.45) is 16.2. The fraction of sp³-hybridized carbons (Fsp3) is 0.472. The molecule has 0 spiro atoms. The maximum atomic E-state index is 7.37. The van der Waals surface area contributed by atoms with Crippen molar-refractivity contribution in [2.24, 2.45) is 0 Å². The zero-order valence-corrected chi connectivity index (χ0v) is 80.3. The summed E-state index contributed by atoms with van der Waals surface area (Å²) in [6, 6.07) is 47.5. The SMILES string of the molecule is CCCC(C)(C)c1ccc(C(C)(C)CCC)c(Oc2ccc3c(c2)-c2nc-3nc3[n-]c(nc4nc(nc5[n-]c(n2)c2ccc(Oc6cc(C(C)(C)CCC)c(C)cc6C(C)(C)CCC)cc52)-c2ccc(Oc5cc(C(C)(C)CCC)c(OC)cc5C(C)(C)CCC)cc2-4)c2ccc(Oc4cc(C(C)(C)CCC)ccc4C(C)(C)CCC)cc32)c1.[Zn+2]. The van der Waals surface area contributed by atoms with Gasteiger partial charge in [-0.3, -0.25) is 0 Å². The molecule has 11 aromatic rings. The number of nitrogens with zero attached hydrogens (tertiary/aromatic N) is 8. The van der Waals surface area contributed by atoms with Gasteiger partial charge in [0.25, 0.3) is 0 Å². The summed E-state index contributed by atoms with van der Waals surface area (Å²) in [6.45, 7) is 57.4. The molecule has 0 saturated carbocycles. The molecule has 5 heterocycles. The van der Waals surface area contributed by atoms with Gasteiger partial charge in [-0.25, -0.2) is 9.97 Å². The van der Waals surface area contributed by atoms with Crippen LogP contribution in [0.2, 0.25) is 0 Å². The van der Waals surface area contributed by atoms with Crippen molar-refractivity contribution in [1.82, 2.24) is 39.9 Å². The molecule has 0 unspecified atom stereocenters. The van der Waals surface area contributed by atoms with Crippen molar-refractivity contribution in [3.05, 3.63) is 184 Å². The zero-order valence-electron chi connectivity index (χ0n) is 77.3. The van der Waals surface area contributed by atoms with E-state index in [4.69, 9.17) is 63.6 Å². The first kappa shape index (κ1) is 90.0. The third-order valence-electron chi connectivity index (χ3n) is 26.0. The first-order chi connectivity index (χ1) is 56.3. The average molecular weight is 1660 g/mol. The predicted octanol–water partition coefficient (Wildman–Crippen LogP) is 30.2. The molecule has 2 aliphatic heterocycles. The van der Waals surface area contributed by atoms with Gasteiger partial charge >= 0.3 is 19.5 Å². The van der Waals surface area contributed by atoms with Crippen molar-refractivity contribution in [3.63, 3.8) is 0 Å². The van der Waals surface area contributed by atoms with Crippen LogP contribution in [0.4, 0.5) is 0 Å². The summed E-state index contributed by atoms with van der Waals surface area (Å²) in [5.41, 5.74) is 13.9. The second-order valence-electron chi connectivity index (χ2n) is 39.4. The number of methoxy groups -OCH3 is 1. The standard InChI is InChI=1S/C106H132N8O5.Zn/c1-27-47-99(10,11)66-35-45-80(101(14,15)49-29-3)87(56-66)116-68-37-41-72-76(58-68)96-108-91(72)107-95-77-59-69(117-88-57-67(100(12,13)48-28-2)36-46-81(88)102(16,17)50-30-4)38-42-73(77)92(109-95)111-98-79-61-71(119-90-64-84(105(22,23)53-33-7)86(115-26)63-85(90)106(24,25)54-34-8)40-44-75(79)94(114-98)113-97-78-60-70(39-43-74(78)93(110-96)112-97)118-89-62-82(103(18,19)51-31-5)65(9)55-83(89)104(20,21)52-32-6;/h35-46,55-64H,27-34,47-54H2,1-26H3;/q-2;+2. The molecule has 8 aromatic carbocycles. The third kappa shape index (κ3) is 18.3. The summed E-state index contributed by atoms with van der Waals surface area (Å²) in [5, 5.41) is 2.93. The van der Waals surface area contributed by atoms with Crippen molar-refractivity contribution in [1.29, 1.82) is 0 Å². The number of hydrogen-bond donors (Lipinski definition) is 0. The predicted molar refractivity (Wildman–Crippen MR) is 495 cm³/mol. The topological polar surface area (TPSA) is 152 Å². The first-order valence-corrected chi connectivity index (χ1v) is 44.5. The van der Waals surface area contributed by atoms with E-state index in [2.05, 4.69) is 282 Å². The third-order valence-corrected chi connectivity index (χ3v) is 26.0. The molecule has 8 bridgehead atoms. The molecule has 628 valence electrons. The Morgan fingerprint density at radius 1 is 0.258 bits per heavy atom. The first-order valence-electron chi connectivity index (χ1n) is 44.5. The minimum Gasteiger partial charge on any atom is -0.496 e. The summed E-state index contributed by atoms with van der Waals surface area (Å²) in [5.74, 6) is 8.27. The molecule has 0 atom stereocenters. The number of aryl methyl sites for hydroxylation is 1. The molecule has 14 heteroatoms. The Kier molecular flexibility index (Phi) is 26.5. The van der Waals surface area contributed by atoms with Gasteiger partial charge in [0.1, 0.15) is 51.7 Å². The van der Waals surface area contributed by atoms with Crippen LogP contribution in [0, 0.1) is 6.92 Å². The van der Waals surface area contributed by atoms with Crippen molar-refractivity contribution in [2.75, 3.05) is 7.11 Å². The van der Waals surface area contributed by atoms with E-state index in [1.54, 1.807) is 7.11 Å². The molecule has 0 radical (unpaired) electrons. The van der Waals surface area contributed by atoms with Crippen molar-refractivity contribution < 1.29 is 43.2 Å². The van der Waals surface area contributed by atoms with Crippen LogP contribution >= 0.6 is 0 Å². The zero-order chi connectivity index (χ0) is 85.7. The van der Waals surface area contributed by atoms with Crippen molar-refractivity contribution >= 4 is 44.1 Å². The number of rotatable bonds is 33. The second kappa shape index (κ2) is 35.3. The van der Waals surface area contributed by atoms with E-state index < -0.39 is 0 Å². The largest absolute Gasteiger partial charge is 2.00 e. The molecular weight excluding hydrogens is 1530 g/mol. The number of ether oxygens (including phenoxy) is 5. The van der Waals surface area contributed by atoms with Gasteiger partial charge in [0.2, 0.25) is 0 Å². The van der Waals surface area contributed by atoms with E-state index in [9.17, 15) is 0 Å². The maximum absolute atomic E-state index is 7.37. The Bertz CT molecular complexity index is 5790. The Morgan fingerprint density at radius 3 is 0.892 bits per heavy atom. The van der Waals surface area contributed by atoms with Gasteiger partial charge in [-0.15, -0.1) is 0 Å². The summed E-state index contributed by atoms with van der Waals surface area (Å²) in [4.78, 5) is 44.5. The second-order valence-corrected chi connectivity index (χ2v) is 39.4. The maximum Gasteiger partial charge on any atom is 2.00 e. The van der Waals surface area contributed by atoms with Gasteiger partial charge in [-0.2, -0.15) is 0 Å². The molecule has 0 amide bonds. The number of aromatic nitrogens is 8. The molecule has 0 aliphatic carbocycles. The average Bonchev–Trinajstić information content (AvgIpc) is 1.46. The van der Waals surface area contributed by atoms with Gasteiger partial charge in [0.05, 0.1) is 30.4 Å². The molecular formula is C106H132N8O5Zn. The summed E-state index contributed by atoms with van der Waals surface area (Å²) >= 11 is 0. The van der Waals surface area contributed by atoms with Crippen LogP contribution in [0.25, 0.3) is 89.7 Å². The van der Waals surface area contributed by atoms with Crippen LogP contribution in [0.15, 0.2) is 133 Å². The van der Waals surface area contributed by atoms with E-state index in [-0.39, 0.29) is 62.8 Å². The number of fused-ring (bicyclic) bond motifs is 20. The number of hydrogen-bond acceptors (Lipinski definition) is 11. The molecule has 0 saturated heterocycles. The van der Waals surface area contributed by atoms with Gasteiger partial charge in [0.15, 0.2) is 0 Å². The van der Waals surface area contributed by atoms with Crippen LogP contribution < -0.4 is 33.7 Å². The molecule has 120 heavy (non-hydrogen) atoms. The van der Waals surface area contributed by atoms with Crippen LogP contribution in [0.5, 0.6) is 51.7 Å². The van der Waals surface area contributed by atoms with Gasteiger partial charge in [0, 0.05) is 72.7 Å². The fourth-order valence-corrected chi connectivity index (χ4v) is 19.5. The van der Waals surface area contributed by atoms with Crippen molar-refractivity contribution in [2.45, 2.75) is 319 Å². The quantitative estimate of drug-likeness (QED) is 0.0359. The van der Waals surface area contributed by atoms with E-state index in [1.165, 1.54) is 27.8 Å². The Hall–Kier alpha value is -9.26. The van der Waals surface area contributed by atoms with Gasteiger partial charge in [-0.05, 0) is 249 Å². The van der Waals surface area contributed by atoms with E-state index in [0.717, 1.165) is 192 Å². The summed E-state index contributed by atoms with van der Waals surface area (Å²) in [7, 11) is 1.78. The smallest absolute Gasteiger partial charge is 0.496 e. The monoisotopic (exact) mass is 1660 g/mol. The van der Waals surface area contributed by atoms with Gasteiger partial charge < -0.3 is 53.6 Å². The molecule has 0 fully saturated rings. The summed E-state index contributed by atoms with van der Waals surface area (Å²) < 4.78 is 35.7. The van der Waals surface area contributed by atoms with E-state index in [1.807, 2.05) is 24.3 Å². The fourth-order valence-electron chi connectivity index (χ4n) is 19.5. The van der Waals surface area contributed by atoms with E-state index >= 15 is 0 Å². The van der Waals surface area contributed by atoms with E-state index in [0.29, 0.717) is 74.4 Å². The van der Waals surface area contributed by atoms with Crippen LogP contribution in [0.3, 0.4) is 0 Å². The van der Waals surface area contributed by atoms with Gasteiger partial charge in [-0.1, -0.05) is 248 Å². The Balaban J connectivity index is 0.0000132. The number of benzene rings is 8.